The molecule has 0 unspecified atom stereocenters. The fourth-order valence-corrected chi connectivity index (χ4v) is 3.82. The zero-order chi connectivity index (χ0) is 23.4. The summed E-state index contributed by atoms with van der Waals surface area (Å²) in [5.74, 6) is -0.0298. The third-order valence-corrected chi connectivity index (χ3v) is 5.88. The lowest BCUT2D eigenvalue weighted by atomic mass is 10.1. The van der Waals surface area contributed by atoms with Gasteiger partial charge in [0.15, 0.2) is 0 Å². The van der Waals surface area contributed by atoms with Crippen molar-refractivity contribution in [3.63, 3.8) is 0 Å². The molecule has 0 rings (SSSR count). The standard InChI is InChI=1S/C28H52O4/c1-2-3-4-5-6-7-8-9-10-11-12-13-15-18-21-24-28(30)32-26-23-20-17-14-16-19-22-25-31-27-29/h9-10,27H,2-8,11-26H2,1H3/b10-9-. The lowest BCUT2D eigenvalue weighted by molar-refractivity contribution is -0.143. The average molecular weight is 453 g/mol. The molecule has 4 heteroatoms. The molecule has 0 aliphatic rings. The van der Waals surface area contributed by atoms with E-state index in [1.165, 1.54) is 89.9 Å². The van der Waals surface area contributed by atoms with Gasteiger partial charge in [-0.15, -0.1) is 0 Å². The van der Waals surface area contributed by atoms with Crippen LogP contribution in [0.1, 0.15) is 142 Å². The smallest absolute Gasteiger partial charge is 0.305 e. The summed E-state index contributed by atoms with van der Waals surface area (Å²) in [5.41, 5.74) is 0. The van der Waals surface area contributed by atoms with E-state index in [9.17, 15) is 9.59 Å². The first-order chi connectivity index (χ1) is 15.8. The van der Waals surface area contributed by atoms with Crippen molar-refractivity contribution in [3.8, 4) is 0 Å². The van der Waals surface area contributed by atoms with Crippen molar-refractivity contribution in [3.05, 3.63) is 12.2 Å². The van der Waals surface area contributed by atoms with Gasteiger partial charge in [0, 0.05) is 6.42 Å². The molecule has 0 aromatic heterocycles. The van der Waals surface area contributed by atoms with Gasteiger partial charge in [-0.05, 0) is 44.9 Å². The van der Waals surface area contributed by atoms with Crippen molar-refractivity contribution in [1.82, 2.24) is 0 Å². The highest BCUT2D eigenvalue weighted by Gasteiger charge is 2.02. The monoisotopic (exact) mass is 452 g/mol. The van der Waals surface area contributed by atoms with Crippen LogP contribution in [0.4, 0.5) is 0 Å². The second-order valence-electron chi connectivity index (χ2n) is 9.00. The van der Waals surface area contributed by atoms with Crippen LogP contribution in [0.15, 0.2) is 12.2 Å². The van der Waals surface area contributed by atoms with E-state index in [-0.39, 0.29) is 5.97 Å². The van der Waals surface area contributed by atoms with Gasteiger partial charge in [-0.2, -0.15) is 0 Å². The van der Waals surface area contributed by atoms with Gasteiger partial charge in [-0.25, -0.2) is 0 Å². The van der Waals surface area contributed by atoms with Crippen LogP contribution >= 0.6 is 0 Å². The maximum atomic E-state index is 11.8. The molecule has 0 amide bonds. The number of esters is 1. The van der Waals surface area contributed by atoms with Crippen molar-refractivity contribution in [2.24, 2.45) is 0 Å². The molecule has 0 atom stereocenters. The van der Waals surface area contributed by atoms with E-state index >= 15 is 0 Å². The van der Waals surface area contributed by atoms with E-state index in [1.807, 2.05) is 0 Å². The Balaban J connectivity index is 3.20. The van der Waals surface area contributed by atoms with E-state index in [2.05, 4.69) is 23.8 Å². The van der Waals surface area contributed by atoms with Crippen LogP contribution < -0.4 is 0 Å². The molecule has 0 saturated carbocycles. The first kappa shape index (κ1) is 30.7. The molecule has 0 heterocycles. The zero-order valence-corrected chi connectivity index (χ0v) is 21.1. The Hall–Kier alpha value is -1.32. The maximum Gasteiger partial charge on any atom is 0.305 e. The Labute approximate surface area is 198 Å². The van der Waals surface area contributed by atoms with E-state index in [1.54, 1.807) is 0 Å². The highest BCUT2D eigenvalue weighted by atomic mass is 16.5. The number of carbonyl (C=O) groups excluding carboxylic acids is 2. The highest BCUT2D eigenvalue weighted by molar-refractivity contribution is 5.69. The molecule has 32 heavy (non-hydrogen) atoms. The van der Waals surface area contributed by atoms with Gasteiger partial charge in [-0.3, -0.25) is 9.59 Å². The van der Waals surface area contributed by atoms with Crippen LogP contribution in [-0.2, 0) is 19.1 Å². The van der Waals surface area contributed by atoms with Crippen LogP contribution in [0.2, 0.25) is 0 Å². The minimum absolute atomic E-state index is 0.0298. The fourth-order valence-electron chi connectivity index (χ4n) is 3.82. The van der Waals surface area contributed by atoms with Gasteiger partial charge < -0.3 is 9.47 Å². The molecular formula is C28H52O4. The van der Waals surface area contributed by atoms with Gasteiger partial charge >= 0.3 is 5.97 Å². The summed E-state index contributed by atoms with van der Waals surface area (Å²) < 4.78 is 10.0. The molecule has 188 valence electrons. The molecule has 0 N–H and O–H groups in total. The highest BCUT2D eigenvalue weighted by Crippen LogP contribution is 2.11. The minimum Gasteiger partial charge on any atom is -0.468 e. The third kappa shape index (κ3) is 26.7. The number of ether oxygens (including phenoxy) is 2. The first-order valence-corrected chi connectivity index (χ1v) is 13.7. The SMILES string of the molecule is CCCCCCCC/C=C\CCCCCCCC(=O)OCCCCCCCCCOC=O. The molecule has 0 aromatic rings. The van der Waals surface area contributed by atoms with Gasteiger partial charge in [0.25, 0.3) is 6.47 Å². The van der Waals surface area contributed by atoms with Crippen LogP contribution in [-0.4, -0.2) is 25.7 Å². The predicted octanol–water partition coefficient (Wildman–Crippen LogP) is 8.47. The third-order valence-electron chi connectivity index (χ3n) is 5.88. The second kappa shape index (κ2) is 27.7. The quantitative estimate of drug-likeness (QED) is 0.0571. The lowest BCUT2D eigenvalue weighted by Crippen LogP contribution is -2.05. The number of carbonyl (C=O) groups is 2. The number of hydrogen-bond donors (Lipinski definition) is 0. The van der Waals surface area contributed by atoms with E-state index in [0.29, 0.717) is 26.1 Å². The van der Waals surface area contributed by atoms with Gasteiger partial charge in [0.2, 0.25) is 0 Å². The van der Waals surface area contributed by atoms with Crippen LogP contribution in [0, 0.1) is 0 Å². The molecular weight excluding hydrogens is 400 g/mol. The van der Waals surface area contributed by atoms with Crippen molar-refractivity contribution >= 4 is 12.4 Å². The van der Waals surface area contributed by atoms with Gasteiger partial charge in [0.05, 0.1) is 13.2 Å². The number of rotatable bonds is 26. The van der Waals surface area contributed by atoms with E-state index < -0.39 is 0 Å². The second-order valence-corrected chi connectivity index (χ2v) is 9.00. The first-order valence-electron chi connectivity index (χ1n) is 13.7. The summed E-state index contributed by atoms with van der Waals surface area (Å²) >= 11 is 0. The Morgan fingerprint density at radius 1 is 0.594 bits per heavy atom. The predicted molar refractivity (Wildman–Crippen MR) is 135 cm³/mol. The maximum absolute atomic E-state index is 11.8. The summed E-state index contributed by atoms with van der Waals surface area (Å²) in [4.78, 5) is 21.8. The van der Waals surface area contributed by atoms with Crippen LogP contribution in [0.5, 0.6) is 0 Å². The fraction of sp³-hybridized carbons (Fsp3) is 0.857. The van der Waals surface area contributed by atoms with Crippen molar-refractivity contribution in [2.45, 2.75) is 142 Å². The number of allylic oxidation sites excluding steroid dienone is 2. The summed E-state index contributed by atoms with van der Waals surface area (Å²) in [7, 11) is 0. The molecule has 4 nitrogen and oxygen atoms in total. The largest absolute Gasteiger partial charge is 0.468 e. The normalized spacial score (nSPS) is 11.2. The Kier molecular flexibility index (Phi) is 26.6. The molecule has 0 aliphatic heterocycles. The molecule has 0 spiro atoms. The topological polar surface area (TPSA) is 52.6 Å². The summed E-state index contributed by atoms with van der Waals surface area (Å²) in [6, 6.07) is 0. The average Bonchev–Trinajstić information content (AvgIpc) is 2.80. The van der Waals surface area contributed by atoms with Crippen LogP contribution in [0.3, 0.4) is 0 Å². The minimum atomic E-state index is -0.0298. The number of unbranched alkanes of at least 4 members (excludes halogenated alkanes) is 17. The van der Waals surface area contributed by atoms with Crippen LogP contribution in [0.25, 0.3) is 0 Å². The Morgan fingerprint density at radius 3 is 1.62 bits per heavy atom. The summed E-state index contributed by atoms with van der Waals surface area (Å²) in [6.07, 6.45) is 29.5. The van der Waals surface area contributed by atoms with E-state index in [0.717, 1.165) is 38.5 Å². The Bertz CT molecular complexity index is 420. The van der Waals surface area contributed by atoms with Crippen molar-refractivity contribution in [1.29, 1.82) is 0 Å². The Morgan fingerprint density at radius 2 is 1.06 bits per heavy atom. The van der Waals surface area contributed by atoms with Crippen molar-refractivity contribution < 1.29 is 19.1 Å². The summed E-state index contributed by atoms with van der Waals surface area (Å²) in [5, 5.41) is 0. The van der Waals surface area contributed by atoms with Crippen molar-refractivity contribution in [2.75, 3.05) is 13.2 Å². The molecule has 0 radical (unpaired) electrons. The van der Waals surface area contributed by atoms with E-state index in [4.69, 9.17) is 4.74 Å². The molecule has 0 aromatic carbocycles. The van der Waals surface area contributed by atoms with Gasteiger partial charge in [0.1, 0.15) is 0 Å². The zero-order valence-electron chi connectivity index (χ0n) is 21.1. The number of hydrogen-bond acceptors (Lipinski definition) is 4. The lowest BCUT2D eigenvalue weighted by Gasteiger charge is -2.05. The van der Waals surface area contributed by atoms with Gasteiger partial charge in [-0.1, -0.05) is 103 Å². The molecule has 0 bridgehead atoms. The summed E-state index contributed by atoms with van der Waals surface area (Å²) in [6.45, 7) is 3.88. The molecule has 0 aliphatic carbocycles. The molecule has 0 saturated heterocycles. The molecule has 0 fully saturated rings.